The molecule has 0 aliphatic heterocycles. The highest BCUT2D eigenvalue weighted by Crippen LogP contribution is 2.16. The summed E-state index contributed by atoms with van der Waals surface area (Å²) in [5, 5.41) is 18.5. The molecule has 0 atom stereocenters. The van der Waals surface area contributed by atoms with Crippen LogP contribution in [-0.2, 0) is 6.54 Å². The highest BCUT2D eigenvalue weighted by atomic mass is 19.1. The number of anilines is 1. The zero-order valence-corrected chi connectivity index (χ0v) is 14.8. The first-order chi connectivity index (χ1) is 13.4. The van der Waals surface area contributed by atoms with E-state index in [0.717, 1.165) is 12.3 Å². The summed E-state index contributed by atoms with van der Waals surface area (Å²) in [7, 11) is 3.55. The predicted molar refractivity (Wildman–Crippen MR) is 92.4 cm³/mol. The van der Waals surface area contributed by atoms with Gasteiger partial charge < -0.3 is 10.6 Å². The lowest BCUT2D eigenvalue weighted by Gasteiger charge is -2.11. The second-order valence-corrected chi connectivity index (χ2v) is 5.87. The SMILES string of the molecule is CN(C)Cc1c(C(=O)N/N=C/c2ccc(F)cc2F)nnn1-c1nonc1N. The van der Waals surface area contributed by atoms with Gasteiger partial charge in [-0.2, -0.15) is 9.78 Å². The smallest absolute Gasteiger partial charge is 0.293 e. The van der Waals surface area contributed by atoms with Crippen LogP contribution in [0.25, 0.3) is 5.82 Å². The molecule has 0 aliphatic rings. The standard InChI is InChI=1S/C15H15F2N9O2/c1-25(2)7-11-12(20-24-26(11)14-13(18)22-28-23-14)15(27)21-19-6-8-3-4-9(16)5-10(8)17/h3-6H,7H2,1-2H3,(H2,18,22)(H,21,27)/b19-6+. The molecule has 0 aliphatic carbocycles. The number of hydrazone groups is 1. The van der Waals surface area contributed by atoms with E-state index in [9.17, 15) is 13.6 Å². The summed E-state index contributed by atoms with van der Waals surface area (Å²) in [6.07, 6.45) is 1.04. The number of amides is 1. The fourth-order valence-corrected chi connectivity index (χ4v) is 2.25. The number of hydrogen-bond donors (Lipinski definition) is 2. The molecule has 0 unspecified atom stereocenters. The largest absolute Gasteiger partial charge is 0.378 e. The number of benzene rings is 1. The van der Waals surface area contributed by atoms with Crippen molar-refractivity contribution in [3.05, 3.63) is 46.8 Å². The molecular weight excluding hydrogens is 376 g/mol. The molecule has 0 bridgehead atoms. The Labute approximate surface area is 156 Å². The van der Waals surface area contributed by atoms with Crippen molar-refractivity contribution in [3.63, 3.8) is 0 Å². The molecule has 0 saturated carbocycles. The van der Waals surface area contributed by atoms with Gasteiger partial charge >= 0.3 is 0 Å². The second-order valence-electron chi connectivity index (χ2n) is 5.87. The Hall–Kier alpha value is -3.74. The lowest BCUT2D eigenvalue weighted by atomic mass is 10.2. The van der Waals surface area contributed by atoms with Crippen LogP contribution >= 0.6 is 0 Å². The first-order valence-corrected chi connectivity index (χ1v) is 7.83. The summed E-state index contributed by atoms with van der Waals surface area (Å²) < 4.78 is 32.3. The van der Waals surface area contributed by atoms with Crippen molar-refractivity contribution in [3.8, 4) is 5.82 Å². The molecule has 0 spiro atoms. The van der Waals surface area contributed by atoms with Gasteiger partial charge in [0.25, 0.3) is 5.91 Å². The maximum atomic E-state index is 13.6. The Kier molecular flexibility index (Phi) is 5.35. The first-order valence-electron chi connectivity index (χ1n) is 7.83. The number of halogens is 2. The highest BCUT2D eigenvalue weighted by molar-refractivity contribution is 5.94. The minimum Gasteiger partial charge on any atom is -0.378 e. The van der Waals surface area contributed by atoms with Crippen LogP contribution in [0.15, 0.2) is 27.9 Å². The molecule has 11 nitrogen and oxygen atoms in total. The van der Waals surface area contributed by atoms with E-state index >= 15 is 0 Å². The van der Waals surface area contributed by atoms with E-state index in [1.54, 1.807) is 19.0 Å². The van der Waals surface area contributed by atoms with E-state index in [1.165, 1.54) is 10.7 Å². The van der Waals surface area contributed by atoms with Gasteiger partial charge in [0.05, 0.1) is 11.9 Å². The van der Waals surface area contributed by atoms with Gasteiger partial charge in [0.1, 0.15) is 11.6 Å². The fraction of sp³-hybridized carbons (Fsp3) is 0.200. The summed E-state index contributed by atoms with van der Waals surface area (Å²) in [5.41, 5.74) is 8.20. The molecule has 0 radical (unpaired) electrons. The van der Waals surface area contributed by atoms with Gasteiger partial charge in [-0.1, -0.05) is 5.21 Å². The van der Waals surface area contributed by atoms with E-state index in [1.807, 2.05) is 0 Å². The van der Waals surface area contributed by atoms with Gasteiger partial charge in [-0.3, -0.25) is 4.79 Å². The van der Waals surface area contributed by atoms with Gasteiger partial charge in [-0.15, -0.1) is 5.10 Å². The third kappa shape index (κ3) is 3.98. The van der Waals surface area contributed by atoms with Crippen LogP contribution in [0.4, 0.5) is 14.6 Å². The minimum absolute atomic E-state index is 0.000291. The monoisotopic (exact) mass is 391 g/mol. The third-order valence-corrected chi connectivity index (χ3v) is 3.47. The molecule has 28 heavy (non-hydrogen) atoms. The molecule has 2 aromatic heterocycles. The molecule has 3 N–H and O–H groups in total. The van der Waals surface area contributed by atoms with Crippen LogP contribution in [0.1, 0.15) is 21.7 Å². The summed E-state index contributed by atoms with van der Waals surface area (Å²) in [6.45, 7) is 0.262. The zero-order valence-electron chi connectivity index (χ0n) is 14.8. The van der Waals surface area contributed by atoms with Crippen LogP contribution in [0, 0.1) is 11.6 Å². The number of nitrogens with one attached hydrogen (secondary N) is 1. The zero-order chi connectivity index (χ0) is 20.3. The van der Waals surface area contributed by atoms with Gasteiger partial charge in [-0.25, -0.2) is 18.8 Å². The maximum absolute atomic E-state index is 13.6. The van der Waals surface area contributed by atoms with Crippen molar-refractivity contribution < 1.29 is 18.2 Å². The van der Waals surface area contributed by atoms with Gasteiger partial charge in [0, 0.05) is 18.2 Å². The van der Waals surface area contributed by atoms with Crippen LogP contribution in [0.3, 0.4) is 0 Å². The molecule has 1 aromatic carbocycles. The average Bonchev–Trinajstić information content (AvgIpc) is 3.22. The summed E-state index contributed by atoms with van der Waals surface area (Å²) in [5.74, 6) is -2.17. The average molecular weight is 391 g/mol. The van der Waals surface area contributed by atoms with E-state index in [2.05, 4.69) is 35.8 Å². The number of rotatable bonds is 6. The topological polar surface area (TPSA) is 140 Å². The molecule has 146 valence electrons. The number of hydrogen-bond acceptors (Lipinski definition) is 9. The van der Waals surface area contributed by atoms with Crippen LogP contribution in [0.2, 0.25) is 0 Å². The molecule has 1 amide bonds. The lowest BCUT2D eigenvalue weighted by Crippen LogP contribution is -2.23. The normalized spacial score (nSPS) is 11.5. The molecule has 0 fully saturated rings. The first kappa shape index (κ1) is 19.0. The van der Waals surface area contributed by atoms with Crippen molar-refractivity contribution in [1.29, 1.82) is 0 Å². The van der Waals surface area contributed by atoms with E-state index < -0.39 is 17.5 Å². The molecule has 2 heterocycles. The van der Waals surface area contributed by atoms with Crippen LogP contribution in [0.5, 0.6) is 0 Å². The number of carbonyl (C=O) groups excluding carboxylic acids is 1. The highest BCUT2D eigenvalue weighted by Gasteiger charge is 2.24. The Bertz CT molecular complexity index is 1030. The minimum atomic E-state index is -0.814. The fourth-order valence-electron chi connectivity index (χ4n) is 2.25. The summed E-state index contributed by atoms with van der Waals surface area (Å²) in [4.78, 5) is 14.2. The lowest BCUT2D eigenvalue weighted by molar-refractivity contribution is 0.0948. The molecular formula is C15H15F2N9O2. The van der Waals surface area contributed by atoms with Crippen molar-refractivity contribution in [1.82, 2.24) is 35.6 Å². The molecule has 3 rings (SSSR count). The third-order valence-electron chi connectivity index (χ3n) is 3.47. The van der Waals surface area contributed by atoms with Crippen molar-refractivity contribution in [2.45, 2.75) is 6.54 Å². The molecule has 3 aromatic rings. The maximum Gasteiger partial charge on any atom is 0.293 e. The second kappa shape index (κ2) is 7.87. The Morgan fingerprint density at radius 1 is 1.39 bits per heavy atom. The van der Waals surface area contributed by atoms with Crippen molar-refractivity contribution in [2.75, 3.05) is 19.8 Å². The summed E-state index contributed by atoms with van der Waals surface area (Å²) in [6, 6.07) is 2.97. The van der Waals surface area contributed by atoms with E-state index in [-0.39, 0.29) is 29.4 Å². The Morgan fingerprint density at radius 2 is 2.18 bits per heavy atom. The van der Waals surface area contributed by atoms with E-state index in [0.29, 0.717) is 11.8 Å². The molecule has 0 saturated heterocycles. The van der Waals surface area contributed by atoms with Crippen LogP contribution in [-0.4, -0.2) is 56.4 Å². The molecule has 13 heteroatoms. The number of nitrogens with zero attached hydrogens (tertiary/aromatic N) is 7. The van der Waals surface area contributed by atoms with Gasteiger partial charge in [0.2, 0.25) is 11.6 Å². The van der Waals surface area contributed by atoms with E-state index in [4.69, 9.17) is 5.73 Å². The van der Waals surface area contributed by atoms with Crippen LogP contribution < -0.4 is 11.2 Å². The summed E-state index contributed by atoms with van der Waals surface area (Å²) >= 11 is 0. The number of nitrogens with two attached hydrogens (primary N) is 1. The van der Waals surface area contributed by atoms with Gasteiger partial charge in [-0.05, 0) is 36.5 Å². The number of carbonyl (C=O) groups is 1. The van der Waals surface area contributed by atoms with Crippen molar-refractivity contribution in [2.24, 2.45) is 5.10 Å². The Morgan fingerprint density at radius 3 is 2.82 bits per heavy atom. The van der Waals surface area contributed by atoms with Gasteiger partial charge in [0.15, 0.2) is 5.69 Å². The predicted octanol–water partition coefficient (Wildman–Crippen LogP) is 0.336. The quantitative estimate of drug-likeness (QED) is 0.453. The number of aromatic nitrogens is 5. The van der Waals surface area contributed by atoms with Crippen molar-refractivity contribution >= 4 is 17.9 Å². The number of nitrogen functional groups attached to an aromatic ring is 1. The Balaban J connectivity index is 1.84.